The lowest BCUT2D eigenvalue weighted by Gasteiger charge is -2.10. The fraction of sp³-hybridized carbons (Fsp3) is 0.400. The van der Waals surface area contributed by atoms with E-state index in [9.17, 15) is 9.50 Å². The summed E-state index contributed by atoms with van der Waals surface area (Å²) in [5.74, 6) is -0.181. The second kappa shape index (κ2) is 5.32. The molecule has 0 aromatic heterocycles. The maximum absolute atomic E-state index is 13.3. The van der Waals surface area contributed by atoms with Crippen molar-refractivity contribution < 1.29 is 14.2 Å². The van der Waals surface area contributed by atoms with E-state index in [4.69, 9.17) is 4.74 Å². The van der Waals surface area contributed by atoms with E-state index in [0.29, 0.717) is 10.9 Å². The van der Waals surface area contributed by atoms with Gasteiger partial charge in [-0.15, -0.1) is 0 Å². The SMILES string of the molecule is Cc1cccc(OCC(O)CBr)c1F. The maximum Gasteiger partial charge on any atom is 0.167 e. The zero-order valence-electron chi connectivity index (χ0n) is 7.84. The first-order valence-electron chi connectivity index (χ1n) is 4.27. The van der Waals surface area contributed by atoms with Gasteiger partial charge in [0.25, 0.3) is 0 Å². The second-order valence-corrected chi connectivity index (χ2v) is 3.65. The molecule has 14 heavy (non-hydrogen) atoms. The molecule has 0 heterocycles. The Bertz CT molecular complexity index is 304. The Labute approximate surface area is 90.8 Å². The molecule has 4 heteroatoms. The number of aliphatic hydroxyl groups is 1. The second-order valence-electron chi connectivity index (χ2n) is 3.01. The highest BCUT2D eigenvalue weighted by Crippen LogP contribution is 2.19. The van der Waals surface area contributed by atoms with E-state index in [1.807, 2.05) is 0 Å². The van der Waals surface area contributed by atoms with Crippen LogP contribution in [0.2, 0.25) is 0 Å². The molecular weight excluding hydrogens is 251 g/mol. The monoisotopic (exact) mass is 262 g/mol. The Morgan fingerprint density at radius 3 is 2.93 bits per heavy atom. The number of hydrogen-bond acceptors (Lipinski definition) is 2. The lowest BCUT2D eigenvalue weighted by molar-refractivity contribution is 0.124. The quantitative estimate of drug-likeness (QED) is 0.844. The highest BCUT2D eigenvalue weighted by Gasteiger charge is 2.08. The molecule has 0 aliphatic heterocycles. The fourth-order valence-electron chi connectivity index (χ4n) is 0.962. The molecule has 1 unspecified atom stereocenters. The van der Waals surface area contributed by atoms with E-state index in [-0.39, 0.29) is 18.2 Å². The van der Waals surface area contributed by atoms with Crippen LogP contribution in [0.4, 0.5) is 4.39 Å². The highest BCUT2D eigenvalue weighted by atomic mass is 79.9. The van der Waals surface area contributed by atoms with Crippen LogP contribution in [-0.2, 0) is 0 Å². The summed E-state index contributed by atoms with van der Waals surface area (Å²) in [5, 5.41) is 9.60. The maximum atomic E-state index is 13.3. The zero-order chi connectivity index (χ0) is 10.6. The van der Waals surface area contributed by atoms with E-state index in [1.165, 1.54) is 0 Å². The minimum Gasteiger partial charge on any atom is -0.488 e. The normalized spacial score (nSPS) is 12.6. The first-order valence-corrected chi connectivity index (χ1v) is 5.39. The molecule has 0 radical (unpaired) electrons. The average molecular weight is 263 g/mol. The third-order valence-electron chi connectivity index (χ3n) is 1.77. The first kappa shape index (κ1) is 11.5. The molecule has 0 amide bonds. The Hall–Kier alpha value is -0.610. The molecule has 0 saturated heterocycles. The number of aliphatic hydroxyl groups excluding tert-OH is 1. The van der Waals surface area contributed by atoms with Crippen LogP contribution >= 0.6 is 15.9 Å². The number of rotatable bonds is 4. The fourth-order valence-corrected chi connectivity index (χ4v) is 1.15. The van der Waals surface area contributed by atoms with Gasteiger partial charge in [-0.1, -0.05) is 28.1 Å². The Balaban J connectivity index is 2.63. The molecular formula is C10H12BrFO2. The molecule has 1 N–H and O–H groups in total. The van der Waals surface area contributed by atoms with Crippen molar-refractivity contribution in [2.24, 2.45) is 0 Å². The molecule has 1 atom stereocenters. The summed E-state index contributed by atoms with van der Waals surface area (Å²) >= 11 is 3.10. The lowest BCUT2D eigenvalue weighted by atomic mass is 10.2. The molecule has 1 aromatic rings. The van der Waals surface area contributed by atoms with Gasteiger partial charge in [0.1, 0.15) is 6.61 Å². The van der Waals surface area contributed by atoms with Crippen molar-refractivity contribution in [3.63, 3.8) is 0 Å². The van der Waals surface area contributed by atoms with E-state index in [0.717, 1.165) is 0 Å². The molecule has 1 aromatic carbocycles. The van der Waals surface area contributed by atoms with Crippen LogP contribution in [0.25, 0.3) is 0 Å². The van der Waals surface area contributed by atoms with Crippen molar-refractivity contribution in [3.8, 4) is 5.75 Å². The lowest BCUT2D eigenvalue weighted by Crippen LogP contribution is -2.19. The van der Waals surface area contributed by atoms with Gasteiger partial charge < -0.3 is 9.84 Å². The summed E-state index contributed by atoms with van der Waals surface area (Å²) in [6.07, 6.45) is -0.616. The third kappa shape index (κ3) is 2.96. The minimum atomic E-state index is -0.616. The number of halogens is 2. The van der Waals surface area contributed by atoms with Crippen molar-refractivity contribution in [2.45, 2.75) is 13.0 Å². The van der Waals surface area contributed by atoms with Crippen LogP contribution in [0.1, 0.15) is 5.56 Å². The van der Waals surface area contributed by atoms with Crippen LogP contribution in [0.5, 0.6) is 5.75 Å². The van der Waals surface area contributed by atoms with Crippen LogP contribution in [0, 0.1) is 12.7 Å². The van der Waals surface area contributed by atoms with Crippen molar-refractivity contribution >= 4 is 15.9 Å². The predicted molar refractivity (Wildman–Crippen MR) is 56.4 cm³/mol. The van der Waals surface area contributed by atoms with Gasteiger partial charge in [-0.2, -0.15) is 0 Å². The van der Waals surface area contributed by atoms with Crippen LogP contribution < -0.4 is 4.74 Å². The van der Waals surface area contributed by atoms with E-state index in [2.05, 4.69) is 15.9 Å². The number of hydrogen-bond donors (Lipinski definition) is 1. The average Bonchev–Trinajstić information content (AvgIpc) is 2.20. The Morgan fingerprint density at radius 2 is 2.29 bits per heavy atom. The summed E-state index contributed by atoms with van der Waals surface area (Å²) < 4.78 is 18.5. The number of ether oxygens (including phenoxy) is 1. The van der Waals surface area contributed by atoms with Gasteiger partial charge in [0.05, 0.1) is 6.10 Å². The van der Waals surface area contributed by atoms with Gasteiger partial charge in [-0.05, 0) is 18.6 Å². The minimum absolute atomic E-state index is 0.0889. The zero-order valence-corrected chi connectivity index (χ0v) is 9.42. The number of alkyl halides is 1. The topological polar surface area (TPSA) is 29.5 Å². The highest BCUT2D eigenvalue weighted by molar-refractivity contribution is 9.09. The summed E-state index contributed by atoms with van der Waals surface area (Å²) in [6, 6.07) is 4.93. The molecule has 78 valence electrons. The van der Waals surface area contributed by atoms with Gasteiger partial charge >= 0.3 is 0 Å². The van der Waals surface area contributed by atoms with Crippen LogP contribution in [0.3, 0.4) is 0 Å². The molecule has 0 aliphatic rings. The third-order valence-corrected chi connectivity index (χ3v) is 2.51. The number of benzene rings is 1. The van der Waals surface area contributed by atoms with Gasteiger partial charge in [-0.25, -0.2) is 4.39 Å². The van der Waals surface area contributed by atoms with Gasteiger partial charge in [0, 0.05) is 5.33 Å². The molecule has 2 nitrogen and oxygen atoms in total. The van der Waals surface area contributed by atoms with Gasteiger partial charge in [-0.3, -0.25) is 0 Å². The summed E-state index contributed by atoms with van der Waals surface area (Å²) in [4.78, 5) is 0. The van der Waals surface area contributed by atoms with E-state index >= 15 is 0 Å². The van der Waals surface area contributed by atoms with E-state index in [1.54, 1.807) is 25.1 Å². The van der Waals surface area contributed by atoms with Crippen molar-refractivity contribution in [3.05, 3.63) is 29.6 Å². The Morgan fingerprint density at radius 1 is 1.57 bits per heavy atom. The smallest absolute Gasteiger partial charge is 0.167 e. The summed E-state index contributed by atoms with van der Waals surface area (Å²) in [6.45, 7) is 1.76. The number of aryl methyl sites for hydroxylation is 1. The molecule has 0 bridgehead atoms. The molecule has 0 aliphatic carbocycles. The Kier molecular flexibility index (Phi) is 4.35. The molecule has 0 spiro atoms. The van der Waals surface area contributed by atoms with Gasteiger partial charge in [0.15, 0.2) is 11.6 Å². The van der Waals surface area contributed by atoms with Crippen molar-refractivity contribution in [1.82, 2.24) is 0 Å². The largest absolute Gasteiger partial charge is 0.488 e. The van der Waals surface area contributed by atoms with Crippen molar-refractivity contribution in [1.29, 1.82) is 0 Å². The van der Waals surface area contributed by atoms with Crippen LogP contribution in [0.15, 0.2) is 18.2 Å². The first-order chi connectivity index (χ1) is 6.65. The molecule has 0 fully saturated rings. The summed E-state index contributed by atoms with van der Waals surface area (Å²) in [7, 11) is 0. The summed E-state index contributed by atoms with van der Waals surface area (Å²) in [5.41, 5.74) is 0.538. The van der Waals surface area contributed by atoms with Crippen molar-refractivity contribution in [2.75, 3.05) is 11.9 Å². The van der Waals surface area contributed by atoms with Crippen LogP contribution in [-0.4, -0.2) is 23.1 Å². The van der Waals surface area contributed by atoms with Gasteiger partial charge in [0.2, 0.25) is 0 Å². The molecule has 0 saturated carbocycles. The van der Waals surface area contributed by atoms with E-state index < -0.39 is 6.10 Å². The standard InChI is InChI=1S/C10H12BrFO2/c1-7-3-2-4-9(10(7)12)14-6-8(13)5-11/h2-4,8,13H,5-6H2,1H3. The molecule has 1 rings (SSSR count). The predicted octanol–water partition coefficient (Wildman–Crippen LogP) is 2.27.